The normalized spacial score (nSPS) is 19.4. The summed E-state index contributed by atoms with van der Waals surface area (Å²) >= 11 is 0. The minimum atomic E-state index is -0.162. The van der Waals surface area contributed by atoms with Gasteiger partial charge in [-0.15, -0.1) is 0 Å². The first-order chi connectivity index (χ1) is 9.38. The Morgan fingerprint density at radius 3 is 2.65 bits per heavy atom. The van der Waals surface area contributed by atoms with Crippen LogP contribution in [0.2, 0.25) is 0 Å². The summed E-state index contributed by atoms with van der Waals surface area (Å²) in [5.41, 5.74) is 1.89. The third-order valence-electron chi connectivity index (χ3n) is 3.89. The Hall–Kier alpha value is -1.42. The maximum Gasteiger partial charge on any atom is 0.152 e. The lowest BCUT2D eigenvalue weighted by molar-refractivity contribution is -0.0593. The average molecular weight is 276 g/mol. The van der Waals surface area contributed by atoms with E-state index in [1.165, 1.54) is 0 Å². The molecule has 20 heavy (non-hydrogen) atoms. The van der Waals surface area contributed by atoms with Crippen molar-refractivity contribution < 1.29 is 9.13 Å². The largest absolute Gasteiger partial charge is 0.376 e. The standard InChI is InChI=1S/C16H21FN2O/c1-10-5-6-12-14(13(10)17)19(9-11-7-8-20-11)15(18-12)16(2,3)4/h5-6,11H,7-9H2,1-4H3/t11-/m0/s1. The smallest absolute Gasteiger partial charge is 0.152 e. The molecule has 3 rings (SSSR count). The van der Waals surface area contributed by atoms with Crippen molar-refractivity contribution in [2.75, 3.05) is 6.61 Å². The number of aryl methyl sites for hydroxylation is 1. The van der Waals surface area contributed by atoms with Crippen molar-refractivity contribution in [3.8, 4) is 0 Å². The molecule has 108 valence electrons. The SMILES string of the molecule is Cc1ccc2nc(C(C)(C)C)n(C[C@@H]3CCO3)c2c1F. The van der Waals surface area contributed by atoms with Gasteiger partial charge in [-0.2, -0.15) is 0 Å². The Balaban J connectivity index is 2.21. The zero-order chi connectivity index (χ0) is 14.5. The number of nitrogens with zero attached hydrogens (tertiary/aromatic N) is 2. The summed E-state index contributed by atoms with van der Waals surface area (Å²) in [5.74, 6) is 0.761. The second-order valence-electron chi connectivity index (χ2n) is 6.64. The predicted molar refractivity (Wildman–Crippen MR) is 77.5 cm³/mol. The number of rotatable bonds is 2. The Morgan fingerprint density at radius 2 is 2.10 bits per heavy atom. The van der Waals surface area contributed by atoms with Gasteiger partial charge in [0.15, 0.2) is 5.82 Å². The van der Waals surface area contributed by atoms with Crippen molar-refractivity contribution in [1.82, 2.24) is 9.55 Å². The van der Waals surface area contributed by atoms with Gasteiger partial charge in [0.2, 0.25) is 0 Å². The van der Waals surface area contributed by atoms with Crippen molar-refractivity contribution >= 4 is 11.0 Å². The summed E-state index contributed by atoms with van der Waals surface area (Å²) in [6.07, 6.45) is 1.23. The van der Waals surface area contributed by atoms with Crippen LogP contribution in [-0.2, 0) is 16.7 Å². The molecular weight excluding hydrogens is 255 g/mol. The third-order valence-corrected chi connectivity index (χ3v) is 3.89. The van der Waals surface area contributed by atoms with E-state index in [-0.39, 0.29) is 17.3 Å². The van der Waals surface area contributed by atoms with Crippen molar-refractivity contribution in [2.24, 2.45) is 0 Å². The van der Waals surface area contributed by atoms with Gasteiger partial charge in [-0.3, -0.25) is 0 Å². The zero-order valence-electron chi connectivity index (χ0n) is 12.5. The molecule has 0 radical (unpaired) electrons. The van der Waals surface area contributed by atoms with E-state index in [9.17, 15) is 4.39 Å². The summed E-state index contributed by atoms with van der Waals surface area (Å²) in [6, 6.07) is 3.70. The fourth-order valence-electron chi connectivity index (χ4n) is 2.67. The summed E-state index contributed by atoms with van der Waals surface area (Å²) < 4.78 is 22.1. The summed E-state index contributed by atoms with van der Waals surface area (Å²) in [5, 5.41) is 0. The van der Waals surface area contributed by atoms with Gasteiger partial charge >= 0.3 is 0 Å². The Bertz CT molecular complexity index is 651. The highest BCUT2D eigenvalue weighted by atomic mass is 19.1. The van der Waals surface area contributed by atoms with Crippen LogP contribution in [0.5, 0.6) is 0 Å². The number of hydrogen-bond acceptors (Lipinski definition) is 2. The molecule has 1 saturated heterocycles. The second-order valence-corrected chi connectivity index (χ2v) is 6.64. The zero-order valence-corrected chi connectivity index (χ0v) is 12.5. The van der Waals surface area contributed by atoms with Crippen molar-refractivity contribution in [1.29, 1.82) is 0 Å². The first-order valence-corrected chi connectivity index (χ1v) is 7.15. The predicted octanol–water partition coefficient (Wildman–Crippen LogP) is 3.57. The van der Waals surface area contributed by atoms with Crippen LogP contribution in [0.1, 0.15) is 38.6 Å². The van der Waals surface area contributed by atoms with Gasteiger partial charge in [-0.05, 0) is 25.0 Å². The maximum absolute atomic E-state index is 14.5. The molecule has 0 unspecified atom stereocenters. The molecule has 1 aromatic heterocycles. The van der Waals surface area contributed by atoms with E-state index in [4.69, 9.17) is 4.74 Å². The molecule has 0 saturated carbocycles. The topological polar surface area (TPSA) is 27.1 Å². The molecule has 0 N–H and O–H groups in total. The van der Waals surface area contributed by atoms with Crippen molar-refractivity contribution in [3.05, 3.63) is 29.3 Å². The van der Waals surface area contributed by atoms with E-state index < -0.39 is 0 Å². The fraction of sp³-hybridized carbons (Fsp3) is 0.562. The van der Waals surface area contributed by atoms with Crippen LogP contribution in [0, 0.1) is 12.7 Å². The van der Waals surface area contributed by atoms with Crippen LogP contribution in [0.15, 0.2) is 12.1 Å². The van der Waals surface area contributed by atoms with Crippen LogP contribution in [0.3, 0.4) is 0 Å². The molecule has 1 fully saturated rings. The van der Waals surface area contributed by atoms with Gasteiger partial charge in [0.25, 0.3) is 0 Å². The summed E-state index contributed by atoms with van der Waals surface area (Å²) in [6.45, 7) is 9.61. The molecule has 3 nitrogen and oxygen atoms in total. The minimum Gasteiger partial charge on any atom is -0.376 e. The number of halogens is 1. The van der Waals surface area contributed by atoms with Crippen molar-refractivity contribution in [3.63, 3.8) is 0 Å². The molecule has 1 aliphatic rings. The lowest BCUT2D eigenvalue weighted by atomic mass is 9.95. The highest BCUT2D eigenvalue weighted by Crippen LogP contribution is 2.30. The molecule has 0 amide bonds. The van der Waals surface area contributed by atoms with Crippen LogP contribution >= 0.6 is 0 Å². The number of aromatic nitrogens is 2. The summed E-state index contributed by atoms with van der Waals surface area (Å²) in [7, 11) is 0. The lowest BCUT2D eigenvalue weighted by Gasteiger charge is -2.29. The van der Waals surface area contributed by atoms with E-state index in [0.717, 1.165) is 24.4 Å². The molecule has 2 heterocycles. The van der Waals surface area contributed by atoms with Gasteiger partial charge < -0.3 is 9.30 Å². The number of fused-ring (bicyclic) bond motifs is 1. The van der Waals surface area contributed by atoms with Gasteiger partial charge in [0, 0.05) is 12.0 Å². The van der Waals surface area contributed by atoms with Crippen LogP contribution in [0.4, 0.5) is 4.39 Å². The van der Waals surface area contributed by atoms with E-state index in [1.807, 2.05) is 10.6 Å². The molecule has 0 bridgehead atoms. The monoisotopic (exact) mass is 276 g/mol. The minimum absolute atomic E-state index is 0.122. The summed E-state index contributed by atoms with van der Waals surface area (Å²) in [4.78, 5) is 4.66. The first kappa shape index (κ1) is 13.6. The van der Waals surface area contributed by atoms with Gasteiger partial charge in [-0.25, -0.2) is 9.37 Å². The molecule has 0 aliphatic carbocycles. The van der Waals surface area contributed by atoms with E-state index in [0.29, 0.717) is 17.6 Å². The van der Waals surface area contributed by atoms with Crippen LogP contribution in [0.25, 0.3) is 11.0 Å². The Morgan fingerprint density at radius 1 is 1.40 bits per heavy atom. The molecule has 1 atom stereocenters. The molecule has 1 aliphatic heterocycles. The van der Waals surface area contributed by atoms with Crippen LogP contribution in [-0.4, -0.2) is 22.3 Å². The van der Waals surface area contributed by atoms with E-state index in [1.54, 1.807) is 13.0 Å². The third kappa shape index (κ3) is 2.12. The number of benzene rings is 1. The molecule has 0 spiro atoms. The Kier molecular flexibility index (Phi) is 3.09. The average Bonchev–Trinajstić information content (AvgIpc) is 2.68. The molecule has 2 aromatic rings. The fourth-order valence-corrected chi connectivity index (χ4v) is 2.67. The number of hydrogen-bond donors (Lipinski definition) is 0. The highest BCUT2D eigenvalue weighted by Gasteiger charge is 2.28. The van der Waals surface area contributed by atoms with Gasteiger partial charge in [0.05, 0.1) is 18.2 Å². The van der Waals surface area contributed by atoms with E-state index >= 15 is 0 Å². The molecular formula is C16H21FN2O. The van der Waals surface area contributed by atoms with Gasteiger partial charge in [0.1, 0.15) is 11.3 Å². The lowest BCUT2D eigenvalue weighted by Crippen LogP contribution is -2.33. The highest BCUT2D eigenvalue weighted by molar-refractivity contribution is 5.78. The second kappa shape index (κ2) is 4.55. The quantitative estimate of drug-likeness (QED) is 0.838. The van der Waals surface area contributed by atoms with Crippen LogP contribution < -0.4 is 0 Å². The van der Waals surface area contributed by atoms with Crippen molar-refractivity contribution in [2.45, 2.75) is 52.2 Å². The number of imidazole rings is 1. The van der Waals surface area contributed by atoms with E-state index in [2.05, 4.69) is 25.8 Å². The number of ether oxygens (including phenoxy) is 1. The maximum atomic E-state index is 14.5. The van der Waals surface area contributed by atoms with Gasteiger partial charge in [-0.1, -0.05) is 26.8 Å². The molecule has 4 heteroatoms. The molecule has 1 aromatic carbocycles. The Labute approximate surface area is 118 Å². The first-order valence-electron chi connectivity index (χ1n) is 7.15.